The molecule has 2 atom stereocenters. The van der Waals surface area contributed by atoms with Crippen LogP contribution in [0.1, 0.15) is 48.7 Å². The van der Waals surface area contributed by atoms with E-state index in [1.807, 2.05) is 0 Å². The van der Waals surface area contributed by atoms with Gasteiger partial charge in [0.05, 0.1) is 10.9 Å². The van der Waals surface area contributed by atoms with Crippen molar-refractivity contribution in [2.75, 3.05) is 0 Å². The summed E-state index contributed by atoms with van der Waals surface area (Å²) >= 11 is 0. The molecule has 2 heterocycles. The van der Waals surface area contributed by atoms with Crippen LogP contribution < -0.4 is 16.6 Å². The van der Waals surface area contributed by atoms with Crippen LogP contribution in [0.4, 0.5) is 0 Å². The molecular weight excluding hydrogens is 296 g/mol. The summed E-state index contributed by atoms with van der Waals surface area (Å²) in [6.45, 7) is 3.85. The molecule has 1 aliphatic carbocycles. The highest BCUT2D eigenvalue weighted by atomic mass is 16.2. The highest BCUT2D eigenvalue weighted by molar-refractivity contribution is 6.05. The molecule has 23 heavy (non-hydrogen) atoms. The number of hydrogen-bond acceptors (Lipinski definition) is 4. The van der Waals surface area contributed by atoms with Gasteiger partial charge in [0.1, 0.15) is 5.65 Å². The Morgan fingerprint density at radius 2 is 2.00 bits per heavy atom. The average molecular weight is 316 g/mol. The van der Waals surface area contributed by atoms with Crippen LogP contribution in [0.5, 0.6) is 0 Å². The molecule has 0 spiro atoms. The van der Waals surface area contributed by atoms with Gasteiger partial charge in [-0.05, 0) is 31.7 Å². The number of nitrogens with one attached hydrogen (secondary N) is 3. The number of aromatic nitrogens is 3. The first kappa shape index (κ1) is 15.5. The van der Waals surface area contributed by atoms with E-state index in [1.165, 1.54) is 6.42 Å². The lowest BCUT2D eigenvalue weighted by Crippen LogP contribution is -2.41. The third kappa shape index (κ3) is 3.04. The van der Waals surface area contributed by atoms with E-state index in [2.05, 4.69) is 27.2 Å². The Morgan fingerprint density at radius 3 is 2.74 bits per heavy atom. The molecule has 2 aromatic rings. The fourth-order valence-electron chi connectivity index (χ4n) is 3.25. The third-order valence-electron chi connectivity index (χ3n) is 4.51. The van der Waals surface area contributed by atoms with Gasteiger partial charge in [0.15, 0.2) is 0 Å². The van der Waals surface area contributed by atoms with Gasteiger partial charge in [-0.25, -0.2) is 9.78 Å². The van der Waals surface area contributed by atoms with Crippen LogP contribution in [0.2, 0.25) is 0 Å². The number of aromatic amines is 2. The largest absolute Gasteiger partial charge is 0.349 e. The minimum Gasteiger partial charge on any atom is -0.349 e. The van der Waals surface area contributed by atoms with E-state index in [-0.39, 0.29) is 28.5 Å². The van der Waals surface area contributed by atoms with Crippen LogP contribution in [-0.4, -0.2) is 26.9 Å². The molecule has 0 unspecified atom stereocenters. The SMILES string of the molecule is Cc1cc(C(=O)N[C@@H]2CCCC[C@@H]2C)c2c(=O)[nH]c(=O)[nH]c2n1. The summed E-state index contributed by atoms with van der Waals surface area (Å²) in [7, 11) is 0. The van der Waals surface area contributed by atoms with Crippen molar-refractivity contribution in [2.24, 2.45) is 5.92 Å². The van der Waals surface area contributed by atoms with Gasteiger partial charge in [-0.1, -0.05) is 19.8 Å². The number of amides is 1. The predicted molar refractivity (Wildman–Crippen MR) is 86.6 cm³/mol. The van der Waals surface area contributed by atoms with Gasteiger partial charge >= 0.3 is 5.69 Å². The first-order valence-corrected chi connectivity index (χ1v) is 7.90. The van der Waals surface area contributed by atoms with E-state index < -0.39 is 11.2 Å². The zero-order valence-electron chi connectivity index (χ0n) is 13.2. The van der Waals surface area contributed by atoms with Crippen LogP contribution >= 0.6 is 0 Å². The van der Waals surface area contributed by atoms with Gasteiger partial charge in [0.2, 0.25) is 0 Å². The summed E-state index contributed by atoms with van der Waals surface area (Å²) in [5.74, 6) is 0.122. The Bertz CT molecular complexity index is 868. The zero-order valence-corrected chi connectivity index (χ0v) is 13.2. The molecule has 1 amide bonds. The number of fused-ring (bicyclic) bond motifs is 1. The Hall–Kier alpha value is -2.44. The minimum atomic E-state index is -0.632. The molecule has 7 nitrogen and oxygen atoms in total. The second-order valence-corrected chi connectivity index (χ2v) is 6.28. The van der Waals surface area contributed by atoms with Crippen molar-refractivity contribution >= 4 is 16.9 Å². The lowest BCUT2D eigenvalue weighted by molar-refractivity contribution is 0.0911. The van der Waals surface area contributed by atoms with E-state index in [0.29, 0.717) is 11.6 Å². The highest BCUT2D eigenvalue weighted by Gasteiger charge is 2.25. The van der Waals surface area contributed by atoms with Crippen LogP contribution in [0, 0.1) is 12.8 Å². The second-order valence-electron chi connectivity index (χ2n) is 6.28. The van der Waals surface area contributed by atoms with E-state index in [4.69, 9.17) is 0 Å². The molecule has 3 N–H and O–H groups in total. The summed E-state index contributed by atoms with van der Waals surface area (Å²) in [4.78, 5) is 45.0. The van der Waals surface area contributed by atoms with Crippen molar-refractivity contribution in [1.29, 1.82) is 0 Å². The van der Waals surface area contributed by atoms with E-state index in [0.717, 1.165) is 19.3 Å². The average Bonchev–Trinajstić information content (AvgIpc) is 2.47. The Balaban J connectivity index is 2.03. The van der Waals surface area contributed by atoms with Gasteiger partial charge in [-0.15, -0.1) is 0 Å². The number of H-pyrrole nitrogens is 2. The molecule has 0 radical (unpaired) electrons. The standard InChI is InChI=1S/C16H20N4O3/c1-8-5-3-4-6-11(8)18-14(21)10-7-9(2)17-13-12(10)15(22)20-16(23)19-13/h7-8,11H,3-6H2,1-2H3,(H,18,21)(H2,17,19,20,22,23)/t8-,11+/m0/s1. The van der Waals surface area contributed by atoms with E-state index >= 15 is 0 Å². The minimum absolute atomic E-state index is 0.113. The van der Waals surface area contributed by atoms with Crippen molar-refractivity contribution in [3.63, 3.8) is 0 Å². The van der Waals surface area contributed by atoms with Crippen LogP contribution in [0.25, 0.3) is 11.0 Å². The molecule has 1 fully saturated rings. The number of aryl methyl sites for hydroxylation is 1. The highest BCUT2D eigenvalue weighted by Crippen LogP contribution is 2.24. The molecular formula is C16H20N4O3. The summed E-state index contributed by atoms with van der Waals surface area (Å²) in [5, 5.41) is 3.16. The molecule has 0 aliphatic heterocycles. The number of rotatable bonds is 2. The first-order chi connectivity index (χ1) is 11.0. The lowest BCUT2D eigenvalue weighted by atomic mass is 9.86. The van der Waals surface area contributed by atoms with E-state index in [1.54, 1.807) is 13.0 Å². The summed E-state index contributed by atoms with van der Waals surface area (Å²) in [6, 6.07) is 1.69. The van der Waals surface area contributed by atoms with Crippen molar-refractivity contribution in [3.8, 4) is 0 Å². The molecule has 1 saturated carbocycles. The normalized spacial score (nSPS) is 21.3. The number of hydrogen-bond donors (Lipinski definition) is 3. The number of carbonyl (C=O) groups excluding carboxylic acids is 1. The topological polar surface area (TPSA) is 108 Å². The third-order valence-corrected chi connectivity index (χ3v) is 4.51. The zero-order chi connectivity index (χ0) is 16.6. The van der Waals surface area contributed by atoms with Gasteiger partial charge in [-0.2, -0.15) is 0 Å². The Labute approximate surface area is 132 Å². The maximum atomic E-state index is 12.7. The maximum Gasteiger partial charge on any atom is 0.327 e. The maximum absolute atomic E-state index is 12.7. The number of pyridine rings is 1. The van der Waals surface area contributed by atoms with Crippen LogP contribution in [0.3, 0.4) is 0 Å². The van der Waals surface area contributed by atoms with Gasteiger partial charge in [0, 0.05) is 11.7 Å². The molecule has 7 heteroatoms. The van der Waals surface area contributed by atoms with Crippen molar-refractivity contribution in [1.82, 2.24) is 20.3 Å². The number of nitrogens with zero attached hydrogens (tertiary/aromatic N) is 1. The van der Waals surface area contributed by atoms with Crippen molar-refractivity contribution in [3.05, 3.63) is 38.2 Å². The molecule has 122 valence electrons. The lowest BCUT2D eigenvalue weighted by Gasteiger charge is -2.29. The molecule has 0 aromatic carbocycles. The van der Waals surface area contributed by atoms with Crippen molar-refractivity contribution < 1.29 is 4.79 Å². The summed E-state index contributed by atoms with van der Waals surface area (Å²) < 4.78 is 0. The molecule has 3 rings (SSSR count). The predicted octanol–water partition coefficient (Wildman–Crippen LogP) is 1.23. The van der Waals surface area contributed by atoms with E-state index in [9.17, 15) is 14.4 Å². The van der Waals surface area contributed by atoms with Gasteiger partial charge < -0.3 is 5.32 Å². The Morgan fingerprint density at radius 1 is 1.26 bits per heavy atom. The van der Waals surface area contributed by atoms with Crippen LogP contribution in [-0.2, 0) is 0 Å². The molecule has 0 bridgehead atoms. The smallest absolute Gasteiger partial charge is 0.327 e. The Kier molecular flexibility index (Phi) is 4.02. The summed E-state index contributed by atoms with van der Waals surface area (Å²) in [6.07, 6.45) is 4.32. The molecule has 1 aliphatic rings. The first-order valence-electron chi connectivity index (χ1n) is 7.90. The molecule has 0 saturated heterocycles. The quantitative estimate of drug-likeness (QED) is 0.774. The number of carbonyl (C=O) groups is 1. The fourth-order valence-corrected chi connectivity index (χ4v) is 3.25. The molecule has 2 aromatic heterocycles. The van der Waals surface area contributed by atoms with Crippen molar-refractivity contribution in [2.45, 2.75) is 45.6 Å². The second kappa shape index (κ2) is 5.98. The fraction of sp³-hybridized carbons (Fsp3) is 0.500. The van der Waals surface area contributed by atoms with Gasteiger partial charge in [0.25, 0.3) is 11.5 Å². The van der Waals surface area contributed by atoms with Crippen LogP contribution in [0.15, 0.2) is 15.7 Å². The monoisotopic (exact) mass is 316 g/mol. The van der Waals surface area contributed by atoms with Gasteiger partial charge in [-0.3, -0.25) is 19.6 Å². The summed E-state index contributed by atoms with van der Waals surface area (Å²) in [5.41, 5.74) is -0.269.